The molecule has 0 aliphatic carbocycles. The molecule has 1 unspecified atom stereocenters. The number of carboxylic acid groups (broad SMARTS) is 2. The topological polar surface area (TPSA) is 179 Å². The molecule has 20 heteroatoms. The molecule has 0 saturated carbocycles. The Hall–Kier alpha value is -4.04. The molecule has 230 valence electrons. The number of alkyl halides is 6. The minimum atomic E-state index is -5.08. The number of aromatic nitrogens is 2. The summed E-state index contributed by atoms with van der Waals surface area (Å²) in [7, 11) is -3.77. The fraction of sp³-hybridized carbons (Fsp3) is 0.318. The summed E-state index contributed by atoms with van der Waals surface area (Å²) in [5.41, 5.74) is 1.56. The van der Waals surface area contributed by atoms with Crippen LogP contribution in [0.2, 0.25) is 0 Å². The van der Waals surface area contributed by atoms with Gasteiger partial charge in [0.05, 0.1) is 10.2 Å². The number of likely N-dealkylation sites (tertiary alicyclic amines) is 1. The van der Waals surface area contributed by atoms with E-state index in [1.807, 2.05) is 18.2 Å². The van der Waals surface area contributed by atoms with Gasteiger partial charge in [-0.3, -0.25) is 14.8 Å². The number of amides is 1. The molecule has 4 rings (SSSR count). The van der Waals surface area contributed by atoms with Crippen LogP contribution in [0.25, 0.3) is 10.2 Å². The summed E-state index contributed by atoms with van der Waals surface area (Å²) >= 11 is 1.15. The lowest BCUT2D eigenvalue weighted by atomic mass is 10.3. The van der Waals surface area contributed by atoms with Crippen LogP contribution in [0.3, 0.4) is 0 Å². The summed E-state index contributed by atoms with van der Waals surface area (Å²) in [4.78, 5) is 40.2. The highest BCUT2D eigenvalue weighted by atomic mass is 32.2. The molecule has 3 aromatic heterocycles. The zero-order chi connectivity index (χ0) is 31.7. The number of sulfonamides is 1. The molecule has 0 radical (unpaired) electrons. The van der Waals surface area contributed by atoms with Gasteiger partial charge >= 0.3 is 24.3 Å². The third-order valence-electron chi connectivity index (χ3n) is 5.00. The molecular weight excluding hydrogens is 624 g/mol. The second-order valence-electron chi connectivity index (χ2n) is 8.01. The molecule has 4 heterocycles. The van der Waals surface area contributed by atoms with E-state index in [2.05, 4.69) is 20.0 Å². The number of anilines is 1. The average molecular weight is 646 g/mol. The van der Waals surface area contributed by atoms with Gasteiger partial charge in [-0.05, 0) is 36.8 Å². The molecule has 4 N–H and O–H groups in total. The number of nitrogens with one attached hydrogen (secondary N) is 2. The Morgan fingerprint density at radius 3 is 2.12 bits per heavy atom. The van der Waals surface area contributed by atoms with Crippen LogP contribution in [0.5, 0.6) is 0 Å². The zero-order valence-electron chi connectivity index (χ0n) is 20.9. The summed E-state index contributed by atoms with van der Waals surface area (Å²) in [5, 5.41) is 17.5. The first-order valence-electron chi connectivity index (χ1n) is 11.3. The van der Waals surface area contributed by atoms with E-state index in [1.165, 1.54) is 6.07 Å². The Morgan fingerprint density at radius 1 is 1.02 bits per heavy atom. The number of fused-ring (bicyclic) bond motifs is 1. The van der Waals surface area contributed by atoms with Crippen LogP contribution in [0.1, 0.15) is 6.42 Å². The van der Waals surface area contributed by atoms with Crippen LogP contribution in [0, 0.1) is 0 Å². The molecule has 0 spiro atoms. The van der Waals surface area contributed by atoms with E-state index in [0.717, 1.165) is 21.7 Å². The fourth-order valence-corrected chi connectivity index (χ4v) is 5.68. The van der Waals surface area contributed by atoms with Gasteiger partial charge in [0.2, 0.25) is 5.91 Å². The van der Waals surface area contributed by atoms with Crippen molar-refractivity contribution in [1.82, 2.24) is 19.6 Å². The number of pyridine rings is 2. The largest absolute Gasteiger partial charge is 0.490 e. The van der Waals surface area contributed by atoms with Crippen molar-refractivity contribution < 1.29 is 59.4 Å². The van der Waals surface area contributed by atoms with Crippen LogP contribution in [-0.4, -0.2) is 89.4 Å². The highest BCUT2D eigenvalue weighted by Crippen LogP contribution is 2.28. The Kier molecular flexibility index (Phi) is 11.6. The van der Waals surface area contributed by atoms with E-state index in [0.29, 0.717) is 31.6 Å². The predicted octanol–water partition coefficient (Wildman–Crippen LogP) is 2.95. The highest BCUT2D eigenvalue weighted by Gasteiger charge is 2.39. The van der Waals surface area contributed by atoms with Crippen LogP contribution in [0.4, 0.5) is 32.0 Å². The van der Waals surface area contributed by atoms with Gasteiger partial charge in [-0.25, -0.2) is 18.0 Å². The molecule has 1 saturated heterocycles. The molecule has 42 heavy (non-hydrogen) atoms. The van der Waals surface area contributed by atoms with E-state index in [4.69, 9.17) is 19.8 Å². The predicted molar refractivity (Wildman–Crippen MR) is 135 cm³/mol. The van der Waals surface area contributed by atoms with Gasteiger partial charge in [0, 0.05) is 43.9 Å². The van der Waals surface area contributed by atoms with Crippen molar-refractivity contribution in [3.8, 4) is 0 Å². The molecule has 1 aliphatic heterocycles. The monoisotopic (exact) mass is 645 g/mol. The first kappa shape index (κ1) is 34.2. The van der Waals surface area contributed by atoms with Crippen LogP contribution in [0.15, 0.2) is 53.1 Å². The van der Waals surface area contributed by atoms with Gasteiger partial charge in [-0.2, -0.15) is 31.1 Å². The van der Waals surface area contributed by atoms with Crippen molar-refractivity contribution in [3.63, 3.8) is 0 Å². The van der Waals surface area contributed by atoms with Gasteiger partial charge in [0.25, 0.3) is 10.0 Å². The van der Waals surface area contributed by atoms with Crippen LogP contribution < -0.4 is 10.0 Å². The summed E-state index contributed by atoms with van der Waals surface area (Å²) in [6, 6.07) is 8.10. The van der Waals surface area contributed by atoms with Crippen LogP contribution in [-0.2, 0) is 24.4 Å². The quantitative estimate of drug-likeness (QED) is 0.279. The van der Waals surface area contributed by atoms with E-state index in [9.17, 15) is 39.6 Å². The molecule has 12 nitrogen and oxygen atoms in total. The number of halogens is 6. The van der Waals surface area contributed by atoms with E-state index < -0.39 is 40.4 Å². The minimum Gasteiger partial charge on any atom is -0.475 e. The SMILES string of the molecule is O=C(O)C(F)(F)F.O=C(O)C(F)(F)F.O=C1C(NS(=O)(=O)c2cc3ncccc3s2)CCN1CCNc1ccncc1. The maximum atomic E-state index is 12.7. The third-order valence-corrected chi connectivity index (χ3v) is 8.04. The summed E-state index contributed by atoms with van der Waals surface area (Å²) < 4.78 is 92.4. The molecule has 1 aliphatic rings. The average Bonchev–Trinajstić information content (AvgIpc) is 3.49. The second-order valence-corrected chi connectivity index (χ2v) is 11.0. The summed E-state index contributed by atoms with van der Waals surface area (Å²) in [6.45, 7) is 1.61. The summed E-state index contributed by atoms with van der Waals surface area (Å²) in [5.74, 6) is -5.71. The molecule has 1 amide bonds. The van der Waals surface area contributed by atoms with Gasteiger partial charge in [-0.1, -0.05) is 0 Å². The number of hydrogen-bond donors (Lipinski definition) is 4. The zero-order valence-corrected chi connectivity index (χ0v) is 22.5. The molecule has 0 bridgehead atoms. The van der Waals surface area contributed by atoms with Crippen molar-refractivity contribution >= 4 is 55.1 Å². The first-order valence-corrected chi connectivity index (χ1v) is 13.6. The Labute approximate surface area is 237 Å². The van der Waals surface area contributed by atoms with E-state index in [1.54, 1.807) is 29.6 Å². The molecule has 1 fully saturated rings. The standard InChI is InChI=1S/C18H19N5O3S2.2C2HF3O2/c24-18-14(5-10-23(18)11-9-20-13-3-7-19-8-4-13)22-28(25,26)17-12-15-16(27-17)2-1-6-21-15;2*3-2(4,5)1(6)7/h1-4,6-8,12,14,22H,5,9-11H2,(H,19,20);2*(H,6,7). The number of rotatable bonds is 7. The number of thiophene rings is 1. The Morgan fingerprint density at radius 2 is 1.60 bits per heavy atom. The number of carbonyl (C=O) groups excluding carboxylic acids is 1. The number of carboxylic acids is 2. The lowest BCUT2D eigenvalue weighted by Crippen LogP contribution is -2.42. The van der Waals surface area contributed by atoms with Crippen molar-refractivity contribution in [1.29, 1.82) is 0 Å². The van der Waals surface area contributed by atoms with Crippen LogP contribution >= 0.6 is 11.3 Å². The number of aliphatic carboxylic acids is 2. The summed E-state index contributed by atoms with van der Waals surface area (Å²) in [6.07, 6.45) is -4.71. The molecule has 1 atom stereocenters. The Bertz CT molecular complexity index is 1430. The van der Waals surface area contributed by atoms with Gasteiger partial charge in [0.15, 0.2) is 0 Å². The lowest BCUT2D eigenvalue weighted by molar-refractivity contribution is -0.193. The van der Waals surface area contributed by atoms with Crippen molar-refractivity contribution in [2.45, 2.75) is 29.0 Å². The minimum absolute atomic E-state index is 0.173. The molecule has 3 aromatic rings. The number of nitrogens with zero attached hydrogens (tertiary/aromatic N) is 3. The van der Waals surface area contributed by atoms with Gasteiger partial charge < -0.3 is 20.4 Å². The van der Waals surface area contributed by atoms with Crippen molar-refractivity contribution in [3.05, 3.63) is 48.9 Å². The fourth-order valence-electron chi connectivity index (χ4n) is 3.10. The van der Waals surface area contributed by atoms with Crippen molar-refractivity contribution in [2.75, 3.05) is 25.0 Å². The van der Waals surface area contributed by atoms with E-state index in [-0.39, 0.29) is 10.1 Å². The van der Waals surface area contributed by atoms with Gasteiger partial charge in [-0.15, -0.1) is 11.3 Å². The van der Waals surface area contributed by atoms with Gasteiger partial charge in [0.1, 0.15) is 10.3 Å². The maximum Gasteiger partial charge on any atom is 0.490 e. The number of carbonyl (C=O) groups is 3. The maximum absolute atomic E-state index is 12.7. The highest BCUT2D eigenvalue weighted by molar-refractivity contribution is 7.91. The smallest absolute Gasteiger partial charge is 0.475 e. The first-order chi connectivity index (χ1) is 19.4. The lowest BCUT2D eigenvalue weighted by Gasteiger charge is -2.17. The Balaban J connectivity index is 0.000000367. The normalized spacial score (nSPS) is 15.3. The molecular formula is C22H21F6N5O7S2. The van der Waals surface area contributed by atoms with E-state index >= 15 is 0 Å². The second kappa shape index (κ2) is 14.2. The van der Waals surface area contributed by atoms with Crippen molar-refractivity contribution in [2.24, 2.45) is 0 Å². The number of hydrogen-bond acceptors (Lipinski definition) is 9. The third kappa shape index (κ3) is 10.4. The molecule has 0 aromatic carbocycles.